The zero-order chi connectivity index (χ0) is 23.5. The van der Waals surface area contributed by atoms with Crippen molar-refractivity contribution in [3.05, 3.63) is 127 Å². The number of furan rings is 1. The lowest BCUT2D eigenvalue weighted by Crippen LogP contribution is -2.21. The Bertz CT molecular complexity index is 1490. The van der Waals surface area contributed by atoms with Gasteiger partial charge in [0.15, 0.2) is 5.52 Å². The molecule has 6 rings (SSSR count). The van der Waals surface area contributed by atoms with Gasteiger partial charge in [0.05, 0.1) is 6.29 Å². The van der Waals surface area contributed by atoms with E-state index in [1.807, 2.05) is 47.3 Å². The third-order valence-corrected chi connectivity index (χ3v) is 8.34. The molecule has 5 nitrogen and oxygen atoms in total. The second-order valence-electron chi connectivity index (χ2n) is 8.27. The Morgan fingerprint density at radius 3 is 2.14 bits per heavy atom. The predicted molar refractivity (Wildman–Crippen MR) is 142 cm³/mol. The normalized spacial score (nSPS) is 12.1. The van der Waals surface area contributed by atoms with Crippen molar-refractivity contribution >= 4 is 36.2 Å². The van der Waals surface area contributed by atoms with Crippen LogP contribution in [0.25, 0.3) is 17.0 Å². The number of rotatable bonds is 8. The number of fused-ring (bicyclic) bond motifs is 1. The van der Waals surface area contributed by atoms with Gasteiger partial charge in [-0.1, -0.05) is 86.8 Å². The Kier molecular flexibility index (Phi) is 5.92. The molecule has 0 saturated heterocycles. The molecule has 3 aromatic carbocycles. The second-order valence-corrected chi connectivity index (χ2v) is 10.5. The van der Waals surface area contributed by atoms with E-state index in [0.29, 0.717) is 17.3 Å². The maximum absolute atomic E-state index is 6.20. The summed E-state index contributed by atoms with van der Waals surface area (Å²) >= 11 is 0. The molecule has 0 bridgehead atoms. The van der Waals surface area contributed by atoms with Gasteiger partial charge in [0.1, 0.15) is 12.0 Å². The van der Waals surface area contributed by atoms with Crippen LogP contribution in [0.15, 0.2) is 131 Å². The van der Waals surface area contributed by atoms with Crippen LogP contribution in [0.4, 0.5) is 11.7 Å². The minimum absolute atomic E-state index is 0.428. The van der Waals surface area contributed by atoms with Gasteiger partial charge in [0, 0.05) is 18.1 Å². The molecule has 0 saturated carbocycles. The third kappa shape index (κ3) is 4.51. The van der Waals surface area contributed by atoms with Gasteiger partial charge in [-0.15, -0.1) is 0 Å². The average molecular weight is 478 g/mol. The summed E-state index contributed by atoms with van der Waals surface area (Å²) in [7, 11) is -0.587. The van der Waals surface area contributed by atoms with E-state index in [1.54, 1.807) is 6.26 Å². The molecule has 1 atom stereocenters. The summed E-state index contributed by atoms with van der Waals surface area (Å²) in [5.74, 6) is 0.428. The molecule has 3 heterocycles. The number of benzene rings is 3. The van der Waals surface area contributed by atoms with Gasteiger partial charge < -0.3 is 13.4 Å². The average Bonchev–Trinajstić information content (AvgIpc) is 3.66. The van der Waals surface area contributed by atoms with Crippen LogP contribution in [0, 0.1) is 0 Å². The summed E-state index contributed by atoms with van der Waals surface area (Å²) in [6.07, 6.45) is 7.36. The molecule has 1 unspecified atom stereocenters. The van der Waals surface area contributed by atoms with Crippen molar-refractivity contribution < 1.29 is 8.83 Å². The number of nitrogens with zero attached hydrogens (tertiary/aromatic N) is 3. The first kappa shape index (κ1) is 21.5. The molecule has 0 spiro atoms. The number of hydrogen-bond acceptors (Lipinski definition) is 4. The highest BCUT2D eigenvalue weighted by Crippen LogP contribution is 2.43. The molecular formula is C29H24N3O2P. The maximum Gasteiger partial charge on any atom is 0.321 e. The molecular weight excluding hydrogens is 453 g/mol. The fourth-order valence-electron chi connectivity index (χ4n) is 4.19. The van der Waals surface area contributed by atoms with Crippen molar-refractivity contribution in [3.8, 4) is 5.69 Å². The molecule has 35 heavy (non-hydrogen) atoms. The number of para-hydroxylation sites is 1. The molecule has 172 valence electrons. The predicted octanol–water partition coefficient (Wildman–Crippen LogP) is 7.31. The van der Waals surface area contributed by atoms with Gasteiger partial charge in [-0.3, -0.25) is 4.90 Å². The van der Waals surface area contributed by atoms with Gasteiger partial charge >= 0.3 is 11.8 Å². The first-order valence-corrected chi connectivity index (χ1v) is 13.2. The topological polar surface area (TPSA) is 47.3 Å². The fraction of sp³-hybridized carbons (Fsp3) is 0.0690. The van der Waals surface area contributed by atoms with Crippen molar-refractivity contribution in [1.82, 2.24) is 9.55 Å². The van der Waals surface area contributed by atoms with Crippen molar-refractivity contribution in [2.75, 3.05) is 11.2 Å². The molecule has 0 aliphatic carbocycles. The Hall–Kier alpha value is -4.08. The number of oxazole rings is 1. The van der Waals surface area contributed by atoms with Crippen LogP contribution in [0.2, 0.25) is 0 Å². The highest BCUT2D eigenvalue weighted by molar-refractivity contribution is 7.65. The third-order valence-electron chi connectivity index (χ3n) is 5.94. The van der Waals surface area contributed by atoms with E-state index in [0.717, 1.165) is 23.8 Å². The fourth-order valence-corrected chi connectivity index (χ4v) is 6.51. The minimum atomic E-state index is -0.587. The second kappa shape index (κ2) is 9.65. The SMILES string of the molecule is c1ccc(CP(CN(c2ccccc2)c2nc3c(-n4cccc4)coc3o2)c2ccccc2)cc1. The number of anilines is 2. The summed E-state index contributed by atoms with van der Waals surface area (Å²) in [5, 5.41) is 1.34. The first-order chi connectivity index (χ1) is 17.3. The van der Waals surface area contributed by atoms with E-state index < -0.39 is 7.92 Å². The molecule has 0 aliphatic heterocycles. The van der Waals surface area contributed by atoms with E-state index in [-0.39, 0.29) is 0 Å². The lowest BCUT2D eigenvalue weighted by molar-refractivity contribution is 0.476. The summed E-state index contributed by atoms with van der Waals surface area (Å²) in [6.45, 7) is 0. The van der Waals surface area contributed by atoms with E-state index >= 15 is 0 Å². The molecule has 0 aliphatic rings. The van der Waals surface area contributed by atoms with Crippen molar-refractivity contribution in [1.29, 1.82) is 0 Å². The first-order valence-electron chi connectivity index (χ1n) is 11.5. The van der Waals surface area contributed by atoms with E-state index in [2.05, 4.69) is 77.7 Å². The molecule has 0 amide bonds. The minimum Gasteiger partial charge on any atom is -0.430 e. The zero-order valence-electron chi connectivity index (χ0n) is 19.1. The van der Waals surface area contributed by atoms with Gasteiger partial charge in [-0.05, 0) is 41.3 Å². The zero-order valence-corrected chi connectivity index (χ0v) is 20.0. The van der Waals surface area contributed by atoms with E-state index in [1.165, 1.54) is 10.9 Å². The van der Waals surface area contributed by atoms with Crippen LogP contribution in [0.3, 0.4) is 0 Å². The summed E-state index contributed by atoms with van der Waals surface area (Å²) in [5.41, 5.74) is 3.94. The van der Waals surface area contributed by atoms with Crippen LogP contribution >= 0.6 is 7.92 Å². The highest BCUT2D eigenvalue weighted by atomic mass is 31.1. The highest BCUT2D eigenvalue weighted by Gasteiger charge is 2.24. The monoisotopic (exact) mass is 477 g/mol. The number of aromatic nitrogens is 2. The van der Waals surface area contributed by atoms with E-state index in [9.17, 15) is 0 Å². The van der Waals surface area contributed by atoms with Crippen LogP contribution in [-0.4, -0.2) is 15.8 Å². The van der Waals surface area contributed by atoms with Crippen molar-refractivity contribution in [2.45, 2.75) is 6.16 Å². The van der Waals surface area contributed by atoms with Crippen molar-refractivity contribution in [3.63, 3.8) is 0 Å². The summed E-state index contributed by atoms with van der Waals surface area (Å²) in [6, 6.07) is 36.2. The Balaban J connectivity index is 1.41. The van der Waals surface area contributed by atoms with Crippen LogP contribution < -0.4 is 10.2 Å². The number of hydrogen-bond donors (Lipinski definition) is 0. The molecule has 0 radical (unpaired) electrons. The standard InChI is InChI=1S/C29H24N3O2P/c1-4-12-23(13-5-1)21-35(25-16-8-3-9-17-25)22-32(24-14-6-2-7-15-24)29-30-27-26(20-33-28(27)34-29)31-18-10-11-19-31/h1-20H,21-22H2. The van der Waals surface area contributed by atoms with Gasteiger partial charge in [0.25, 0.3) is 0 Å². The molecule has 3 aromatic heterocycles. The van der Waals surface area contributed by atoms with Crippen LogP contribution in [0.5, 0.6) is 0 Å². The maximum atomic E-state index is 6.20. The molecule has 6 heteroatoms. The molecule has 0 N–H and O–H groups in total. The largest absolute Gasteiger partial charge is 0.430 e. The smallest absolute Gasteiger partial charge is 0.321 e. The lowest BCUT2D eigenvalue weighted by Gasteiger charge is -2.27. The Labute approximate surface area is 205 Å². The summed E-state index contributed by atoms with van der Waals surface area (Å²) in [4.78, 5) is 7.09. The van der Waals surface area contributed by atoms with Gasteiger partial charge in [-0.2, -0.15) is 4.98 Å². The van der Waals surface area contributed by atoms with Gasteiger partial charge in [0.2, 0.25) is 0 Å². The quantitative estimate of drug-likeness (QED) is 0.216. The van der Waals surface area contributed by atoms with Crippen LogP contribution in [0.1, 0.15) is 5.56 Å². The van der Waals surface area contributed by atoms with Gasteiger partial charge in [-0.25, -0.2) is 0 Å². The summed E-state index contributed by atoms with van der Waals surface area (Å²) < 4.78 is 13.9. The molecule has 6 aromatic rings. The Morgan fingerprint density at radius 1 is 0.771 bits per heavy atom. The van der Waals surface area contributed by atoms with Crippen molar-refractivity contribution in [2.24, 2.45) is 0 Å². The van der Waals surface area contributed by atoms with Crippen LogP contribution in [-0.2, 0) is 6.16 Å². The van der Waals surface area contributed by atoms with E-state index in [4.69, 9.17) is 13.8 Å². The lowest BCUT2D eigenvalue weighted by atomic mass is 10.2. The Morgan fingerprint density at radius 2 is 1.43 bits per heavy atom. The molecule has 0 fully saturated rings.